The molecule has 15 heteroatoms. The SMILES string of the molecule is Brc1cc2sccc2s1.CC.CC.CC.CC.CC.Cc1cc2sc(Br)c(C)c2s1.Cc1cc2sc(Br)cc2s1.Cc1csc2c(C)c(Br)sc12.Cc1sc2cc(Br)sc2c1C. The van der Waals surface area contributed by atoms with Crippen LogP contribution in [-0.4, -0.2) is 0 Å². The van der Waals surface area contributed by atoms with Crippen LogP contribution >= 0.6 is 193 Å². The van der Waals surface area contributed by atoms with Crippen LogP contribution in [0.1, 0.15) is 106 Å². The molecule has 0 unspecified atom stereocenters. The van der Waals surface area contributed by atoms with Crippen molar-refractivity contribution >= 4 is 240 Å². The van der Waals surface area contributed by atoms with E-state index in [9.17, 15) is 0 Å². The number of halogens is 5. The van der Waals surface area contributed by atoms with Crippen molar-refractivity contribution < 1.29 is 0 Å². The second-order valence-electron chi connectivity index (χ2n) is 11.5. The Balaban J connectivity index is 0.000000369. The smallest absolute Gasteiger partial charge is 0.0748 e. The van der Waals surface area contributed by atoms with E-state index >= 15 is 0 Å². The quantitative estimate of drug-likeness (QED) is 0.142. The van der Waals surface area contributed by atoms with E-state index in [1.165, 1.54) is 103 Å². The van der Waals surface area contributed by atoms with E-state index < -0.39 is 0 Å². The maximum absolute atomic E-state index is 3.55. The molecule has 0 amide bonds. The lowest BCUT2D eigenvalue weighted by Gasteiger charge is -1.84. The number of hydrogen-bond acceptors (Lipinski definition) is 10. The second-order valence-corrected chi connectivity index (χ2v) is 29.2. The molecule has 10 rings (SSSR count). The highest BCUT2D eigenvalue weighted by molar-refractivity contribution is 9.12. The molecule has 0 radical (unpaired) electrons. The third-order valence-electron chi connectivity index (χ3n) is 7.61. The Morgan fingerprint density at radius 3 is 1.35 bits per heavy atom. The first-order valence-electron chi connectivity index (χ1n) is 20.4. The summed E-state index contributed by atoms with van der Waals surface area (Å²) in [5, 5.41) is 4.34. The Hall–Kier alpha value is 0.700. The van der Waals surface area contributed by atoms with E-state index in [4.69, 9.17) is 0 Å². The van der Waals surface area contributed by atoms with Crippen LogP contribution in [0, 0.1) is 48.5 Å². The summed E-state index contributed by atoms with van der Waals surface area (Å²) >= 11 is 35.8. The Labute approximate surface area is 454 Å². The van der Waals surface area contributed by atoms with Gasteiger partial charge in [-0.05, 0) is 198 Å². The van der Waals surface area contributed by atoms with E-state index in [1.807, 2.05) is 149 Å². The van der Waals surface area contributed by atoms with Gasteiger partial charge < -0.3 is 0 Å². The van der Waals surface area contributed by atoms with Crippen LogP contribution in [0.15, 0.2) is 66.1 Å². The van der Waals surface area contributed by atoms with Gasteiger partial charge in [0.15, 0.2) is 0 Å². The number of rotatable bonds is 0. The van der Waals surface area contributed by atoms with Crippen molar-refractivity contribution in [3.63, 3.8) is 0 Å². The molecular formula is C47H59Br5S10. The Kier molecular flexibility index (Phi) is 31.0. The fourth-order valence-electron chi connectivity index (χ4n) is 4.91. The molecule has 0 spiro atoms. The Bertz CT molecular complexity index is 2570. The molecule has 0 saturated heterocycles. The van der Waals surface area contributed by atoms with Crippen molar-refractivity contribution in [1.82, 2.24) is 0 Å². The first kappa shape index (κ1) is 60.7. The molecule has 0 N–H and O–H groups in total. The Morgan fingerprint density at radius 1 is 0.355 bits per heavy atom. The molecule has 10 aromatic rings. The van der Waals surface area contributed by atoms with Crippen molar-refractivity contribution in [3.05, 3.63) is 103 Å². The van der Waals surface area contributed by atoms with Crippen molar-refractivity contribution in [2.45, 2.75) is 118 Å². The van der Waals surface area contributed by atoms with Gasteiger partial charge in [0.05, 0.1) is 18.9 Å². The van der Waals surface area contributed by atoms with Gasteiger partial charge in [0.2, 0.25) is 0 Å². The lowest BCUT2D eigenvalue weighted by atomic mass is 10.3. The summed E-state index contributed by atoms with van der Waals surface area (Å²) < 4.78 is 20.4. The minimum absolute atomic E-state index is 1.23. The zero-order valence-electron chi connectivity index (χ0n) is 38.6. The molecule has 0 nitrogen and oxygen atoms in total. The number of thiophene rings is 10. The summed E-state index contributed by atoms with van der Waals surface area (Å²) in [4.78, 5) is 4.24. The summed E-state index contributed by atoms with van der Waals surface area (Å²) in [5.41, 5.74) is 5.63. The zero-order valence-corrected chi connectivity index (χ0v) is 54.7. The lowest BCUT2D eigenvalue weighted by molar-refractivity contribution is 1.48. The van der Waals surface area contributed by atoms with E-state index in [-0.39, 0.29) is 0 Å². The van der Waals surface area contributed by atoms with Crippen molar-refractivity contribution in [3.8, 4) is 0 Å². The highest BCUT2D eigenvalue weighted by atomic mass is 79.9. The minimum Gasteiger partial charge on any atom is -0.143 e. The van der Waals surface area contributed by atoms with Gasteiger partial charge in [0, 0.05) is 61.6 Å². The van der Waals surface area contributed by atoms with Gasteiger partial charge in [-0.25, -0.2) is 0 Å². The minimum atomic E-state index is 1.23. The summed E-state index contributed by atoms with van der Waals surface area (Å²) in [6.45, 7) is 35.2. The molecule has 0 bridgehead atoms. The van der Waals surface area contributed by atoms with Crippen molar-refractivity contribution in [1.29, 1.82) is 0 Å². The van der Waals surface area contributed by atoms with Gasteiger partial charge in [0.25, 0.3) is 0 Å². The third-order valence-corrected chi connectivity index (χ3v) is 23.0. The topological polar surface area (TPSA) is 0 Å². The molecule has 0 atom stereocenters. The number of hydrogen-bond donors (Lipinski definition) is 0. The summed E-state index contributed by atoms with van der Waals surface area (Å²) in [6, 6.07) is 13.2. The average Bonchev–Trinajstić information content (AvgIpc) is 4.17. The first-order chi connectivity index (χ1) is 29.7. The molecule has 10 heterocycles. The van der Waals surface area contributed by atoms with Crippen LogP contribution in [0.4, 0.5) is 0 Å². The van der Waals surface area contributed by atoms with Crippen LogP contribution < -0.4 is 0 Å². The first-order valence-corrected chi connectivity index (χ1v) is 32.6. The number of aryl methyl sites for hydroxylation is 7. The van der Waals surface area contributed by atoms with Crippen LogP contribution in [-0.2, 0) is 0 Å². The predicted molar refractivity (Wildman–Crippen MR) is 327 cm³/mol. The van der Waals surface area contributed by atoms with Crippen LogP contribution in [0.5, 0.6) is 0 Å². The van der Waals surface area contributed by atoms with Crippen LogP contribution in [0.3, 0.4) is 0 Å². The van der Waals surface area contributed by atoms with Crippen molar-refractivity contribution in [2.24, 2.45) is 0 Å². The van der Waals surface area contributed by atoms with Crippen LogP contribution in [0.25, 0.3) is 47.0 Å². The molecule has 0 aromatic carbocycles. The molecular weight excluding hydrogens is 1280 g/mol. The highest BCUT2D eigenvalue weighted by Crippen LogP contribution is 2.42. The normalized spacial score (nSPS) is 9.77. The van der Waals surface area contributed by atoms with Gasteiger partial charge in [0.1, 0.15) is 0 Å². The number of fused-ring (bicyclic) bond motifs is 5. The summed E-state index contributed by atoms with van der Waals surface area (Å²) in [5.74, 6) is 0. The molecule has 62 heavy (non-hydrogen) atoms. The lowest BCUT2D eigenvalue weighted by Crippen LogP contribution is -1.64. The van der Waals surface area contributed by atoms with E-state index in [0.717, 1.165) is 0 Å². The maximum Gasteiger partial charge on any atom is 0.0748 e. The fourth-order valence-corrected chi connectivity index (χ4v) is 19.9. The summed E-state index contributed by atoms with van der Waals surface area (Å²) in [7, 11) is 0. The second kappa shape index (κ2) is 31.7. The summed E-state index contributed by atoms with van der Waals surface area (Å²) in [6.07, 6.45) is 0. The zero-order chi connectivity index (χ0) is 47.4. The molecule has 342 valence electrons. The van der Waals surface area contributed by atoms with Gasteiger partial charge in [-0.1, -0.05) is 69.2 Å². The van der Waals surface area contributed by atoms with Gasteiger partial charge in [-0.3, -0.25) is 0 Å². The average molecular weight is 1340 g/mol. The Morgan fingerprint density at radius 2 is 0.806 bits per heavy atom. The van der Waals surface area contributed by atoms with E-state index in [2.05, 4.69) is 175 Å². The molecule has 10 aromatic heterocycles. The predicted octanol–water partition coefficient (Wildman–Crippen LogP) is 25.9. The molecule has 0 aliphatic rings. The molecule has 0 fully saturated rings. The molecule has 0 aliphatic carbocycles. The van der Waals surface area contributed by atoms with Crippen molar-refractivity contribution in [2.75, 3.05) is 0 Å². The standard InChI is InChI=1S/3C8H7BrS2.C7H5BrS2.C6H3BrS2.5C2H6/c1-4-5(2)10-6-3-7(9)11-8(4)6;1-4-3-10-7-5(2)8(9)11-6(4)7;1-4-3-6-7(10-4)5(2)8(9)11-6;1-4-2-5-6(9-4)3-7(8)10-5;7-6-3-5-4(9-6)1-2-8-5;5*1-2/h3*3H,1-2H3;2-3H,1H3;1-3H;5*1-2H3. The van der Waals surface area contributed by atoms with Gasteiger partial charge >= 0.3 is 0 Å². The van der Waals surface area contributed by atoms with E-state index in [1.54, 1.807) is 34.0 Å². The van der Waals surface area contributed by atoms with Crippen LogP contribution in [0.2, 0.25) is 0 Å². The van der Waals surface area contributed by atoms with Gasteiger partial charge in [-0.2, -0.15) is 0 Å². The maximum atomic E-state index is 3.55. The fraction of sp³-hybridized carbons (Fsp3) is 0.362. The van der Waals surface area contributed by atoms with Gasteiger partial charge in [-0.15, -0.1) is 113 Å². The van der Waals surface area contributed by atoms with E-state index in [0.29, 0.717) is 0 Å². The highest BCUT2D eigenvalue weighted by Gasteiger charge is 2.10. The third kappa shape index (κ3) is 17.3. The molecule has 0 aliphatic heterocycles. The monoisotopic (exact) mass is 1340 g/mol. The largest absolute Gasteiger partial charge is 0.143 e. The molecule has 0 saturated carbocycles.